The second-order valence-corrected chi connectivity index (χ2v) is 3.27. The standard InChI is InChI=1S/C11H8FN3O2/c12-8-6-10(15(16)17)11(13-7-8)14-9-4-2-1-3-5-9/h1-7H,(H,13,14). The van der Waals surface area contributed by atoms with Crippen LogP contribution in [0.25, 0.3) is 0 Å². The third-order valence-electron chi connectivity index (χ3n) is 2.07. The van der Waals surface area contributed by atoms with E-state index in [0.29, 0.717) is 5.69 Å². The first kappa shape index (κ1) is 11.0. The van der Waals surface area contributed by atoms with Crippen molar-refractivity contribution < 1.29 is 9.31 Å². The van der Waals surface area contributed by atoms with Crippen molar-refractivity contribution in [2.45, 2.75) is 0 Å². The van der Waals surface area contributed by atoms with Gasteiger partial charge >= 0.3 is 5.69 Å². The summed E-state index contributed by atoms with van der Waals surface area (Å²) in [7, 11) is 0. The number of aromatic nitrogens is 1. The van der Waals surface area contributed by atoms with E-state index in [9.17, 15) is 14.5 Å². The molecule has 1 aromatic heterocycles. The molecule has 86 valence electrons. The van der Waals surface area contributed by atoms with Gasteiger partial charge in [0.25, 0.3) is 0 Å². The number of nitrogens with one attached hydrogen (secondary N) is 1. The van der Waals surface area contributed by atoms with Crippen LogP contribution < -0.4 is 5.32 Å². The lowest BCUT2D eigenvalue weighted by atomic mass is 10.3. The van der Waals surface area contributed by atoms with E-state index in [2.05, 4.69) is 10.3 Å². The molecule has 1 heterocycles. The summed E-state index contributed by atoms with van der Waals surface area (Å²) in [5, 5.41) is 13.5. The van der Waals surface area contributed by atoms with Gasteiger partial charge in [0.15, 0.2) is 0 Å². The molecular formula is C11H8FN3O2. The van der Waals surface area contributed by atoms with Crippen molar-refractivity contribution in [3.05, 3.63) is 58.5 Å². The van der Waals surface area contributed by atoms with Crippen LogP contribution in [0.5, 0.6) is 0 Å². The number of rotatable bonds is 3. The molecule has 0 aliphatic carbocycles. The van der Waals surface area contributed by atoms with Crippen molar-refractivity contribution in [3.8, 4) is 0 Å². The summed E-state index contributed by atoms with van der Waals surface area (Å²) < 4.78 is 12.9. The SMILES string of the molecule is O=[N+]([O-])c1cc(F)cnc1Nc1ccccc1. The Labute approximate surface area is 96.1 Å². The summed E-state index contributed by atoms with van der Waals surface area (Å²) in [5.74, 6) is -0.724. The summed E-state index contributed by atoms with van der Waals surface area (Å²) >= 11 is 0. The van der Waals surface area contributed by atoms with E-state index in [-0.39, 0.29) is 5.82 Å². The zero-order chi connectivity index (χ0) is 12.3. The lowest BCUT2D eigenvalue weighted by Gasteiger charge is -2.05. The van der Waals surface area contributed by atoms with Crippen LogP contribution in [-0.2, 0) is 0 Å². The van der Waals surface area contributed by atoms with Crippen LogP contribution in [0, 0.1) is 15.9 Å². The molecule has 5 nitrogen and oxygen atoms in total. The first-order valence-electron chi connectivity index (χ1n) is 4.79. The van der Waals surface area contributed by atoms with Crippen molar-refractivity contribution in [3.63, 3.8) is 0 Å². The normalized spacial score (nSPS) is 9.94. The highest BCUT2D eigenvalue weighted by atomic mass is 19.1. The van der Waals surface area contributed by atoms with Crippen LogP contribution >= 0.6 is 0 Å². The maximum Gasteiger partial charge on any atom is 0.314 e. The Morgan fingerprint density at radius 1 is 1.29 bits per heavy atom. The van der Waals surface area contributed by atoms with Crippen molar-refractivity contribution in [1.29, 1.82) is 0 Å². The van der Waals surface area contributed by atoms with Gasteiger partial charge in [0.05, 0.1) is 17.2 Å². The number of nitrogens with zero attached hydrogens (tertiary/aromatic N) is 2. The van der Waals surface area contributed by atoms with Crippen molar-refractivity contribution in [2.24, 2.45) is 0 Å². The Morgan fingerprint density at radius 2 is 2.00 bits per heavy atom. The van der Waals surface area contributed by atoms with Gasteiger partial charge in [-0.15, -0.1) is 0 Å². The highest BCUT2D eigenvalue weighted by molar-refractivity contribution is 5.64. The summed E-state index contributed by atoms with van der Waals surface area (Å²) in [6.07, 6.45) is 0.929. The van der Waals surface area contributed by atoms with Crippen LogP contribution in [0.1, 0.15) is 0 Å². The highest BCUT2D eigenvalue weighted by Crippen LogP contribution is 2.25. The Balaban J connectivity index is 2.36. The van der Waals surface area contributed by atoms with Crippen LogP contribution in [-0.4, -0.2) is 9.91 Å². The zero-order valence-electron chi connectivity index (χ0n) is 8.63. The topological polar surface area (TPSA) is 68.1 Å². The van der Waals surface area contributed by atoms with Gasteiger partial charge in [-0.05, 0) is 12.1 Å². The van der Waals surface area contributed by atoms with Crippen LogP contribution in [0.3, 0.4) is 0 Å². The Kier molecular flexibility index (Phi) is 2.95. The van der Waals surface area contributed by atoms with E-state index >= 15 is 0 Å². The molecule has 1 N–H and O–H groups in total. The number of hydrogen-bond donors (Lipinski definition) is 1. The van der Waals surface area contributed by atoms with Crippen LogP contribution in [0.2, 0.25) is 0 Å². The molecule has 0 aliphatic rings. The third kappa shape index (κ3) is 2.54. The molecular weight excluding hydrogens is 225 g/mol. The van der Waals surface area contributed by atoms with Gasteiger partial charge in [0, 0.05) is 5.69 Å². The van der Waals surface area contributed by atoms with Gasteiger partial charge in [0.1, 0.15) is 5.82 Å². The maximum absolute atomic E-state index is 12.9. The molecule has 0 saturated heterocycles. The quantitative estimate of drug-likeness (QED) is 0.653. The summed E-state index contributed by atoms with van der Waals surface area (Å²) in [6.45, 7) is 0. The largest absolute Gasteiger partial charge is 0.334 e. The lowest BCUT2D eigenvalue weighted by molar-refractivity contribution is -0.384. The van der Waals surface area contributed by atoms with Crippen LogP contribution in [0.4, 0.5) is 21.6 Å². The number of nitro groups is 1. The number of para-hydroxylation sites is 1. The molecule has 1 aromatic carbocycles. The molecule has 2 aromatic rings. The molecule has 0 aliphatic heterocycles. The minimum absolute atomic E-state index is 0.0163. The molecule has 0 unspecified atom stereocenters. The molecule has 0 atom stereocenters. The molecule has 0 radical (unpaired) electrons. The molecule has 17 heavy (non-hydrogen) atoms. The summed E-state index contributed by atoms with van der Waals surface area (Å²) in [5.41, 5.74) is 0.253. The summed E-state index contributed by atoms with van der Waals surface area (Å²) in [6, 6.07) is 9.66. The summed E-state index contributed by atoms with van der Waals surface area (Å²) in [4.78, 5) is 13.7. The number of halogens is 1. The van der Waals surface area contributed by atoms with Gasteiger partial charge in [-0.25, -0.2) is 9.37 Å². The predicted octanol–water partition coefficient (Wildman–Crippen LogP) is 2.87. The average Bonchev–Trinajstić information content (AvgIpc) is 2.32. The Hall–Kier alpha value is -2.50. The smallest absolute Gasteiger partial charge is 0.314 e. The molecule has 2 rings (SSSR count). The molecule has 0 fully saturated rings. The predicted molar refractivity (Wildman–Crippen MR) is 60.6 cm³/mol. The molecule has 0 bridgehead atoms. The van der Waals surface area contributed by atoms with Gasteiger partial charge in [-0.3, -0.25) is 10.1 Å². The minimum atomic E-state index is -0.740. The fraction of sp³-hybridized carbons (Fsp3) is 0. The molecule has 0 spiro atoms. The molecule has 0 saturated carbocycles. The number of benzene rings is 1. The fourth-order valence-electron chi connectivity index (χ4n) is 1.32. The van der Waals surface area contributed by atoms with Crippen molar-refractivity contribution >= 4 is 17.2 Å². The average molecular weight is 233 g/mol. The highest BCUT2D eigenvalue weighted by Gasteiger charge is 2.16. The maximum atomic E-state index is 12.9. The number of anilines is 2. The Morgan fingerprint density at radius 3 is 2.65 bits per heavy atom. The van der Waals surface area contributed by atoms with E-state index in [1.807, 2.05) is 6.07 Å². The first-order valence-corrected chi connectivity index (χ1v) is 4.79. The number of hydrogen-bond acceptors (Lipinski definition) is 4. The van der Waals surface area contributed by atoms with Crippen molar-refractivity contribution in [2.75, 3.05) is 5.32 Å². The first-order chi connectivity index (χ1) is 8.16. The minimum Gasteiger partial charge on any atom is -0.334 e. The van der Waals surface area contributed by atoms with Crippen LogP contribution in [0.15, 0.2) is 42.6 Å². The number of pyridine rings is 1. The van der Waals surface area contributed by atoms with Gasteiger partial charge in [-0.1, -0.05) is 18.2 Å². The van der Waals surface area contributed by atoms with Gasteiger partial charge < -0.3 is 5.32 Å². The third-order valence-corrected chi connectivity index (χ3v) is 2.07. The van der Waals surface area contributed by atoms with E-state index in [4.69, 9.17) is 0 Å². The fourth-order valence-corrected chi connectivity index (χ4v) is 1.32. The second kappa shape index (κ2) is 4.56. The zero-order valence-corrected chi connectivity index (χ0v) is 8.63. The van der Waals surface area contributed by atoms with Gasteiger partial charge in [-0.2, -0.15) is 0 Å². The van der Waals surface area contributed by atoms with Gasteiger partial charge in [0.2, 0.25) is 5.82 Å². The molecule has 0 amide bonds. The van der Waals surface area contributed by atoms with E-state index in [1.54, 1.807) is 24.3 Å². The Bertz CT molecular complexity index is 546. The molecule has 6 heteroatoms. The van der Waals surface area contributed by atoms with E-state index in [1.165, 1.54) is 0 Å². The monoisotopic (exact) mass is 233 g/mol. The second-order valence-electron chi connectivity index (χ2n) is 3.27. The van der Waals surface area contributed by atoms with E-state index < -0.39 is 16.4 Å². The van der Waals surface area contributed by atoms with E-state index in [0.717, 1.165) is 12.3 Å². The lowest BCUT2D eigenvalue weighted by Crippen LogP contribution is -2.00. The van der Waals surface area contributed by atoms with Crippen molar-refractivity contribution in [1.82, 2.24) is 4.98 Å².